The number of carbonyl (C=O) groups excluding carboxylic acids is 1. The van der Waals surface area contributed by atoms with E-state index in [1.54, 1.807) is 12.1 Å². The first-order valence-corrected chi connectivity index (χ1v) is 7.78. The van der Waals surface area contributed by atoms with Crippen molar-refractivity contribution < 1.29 is 35.1 Å². The molecule has 0 aromatic heterocycles. The summed E-state index contributed by atoms with van der Waals surface area (Å²) in [6.45, 7) is 4.17. The smallest absolute Gasteiger partial charge is 0.198 e. The first-order chi connectivity index (χ1) is 11.9. The Bertz CT molecular complexity index is 692. The fraction of sp³-hybridized carbons (Fsp3) is 0.278. The molecule has 7 heteroatoms. The van der Waals surface area contributed by atoms with Crippen molar-refractivity contribution in [2.45, 2.75) is 26.4 Å². The molecule has 0 radical (unpaired) electrons. The van der Waals surface area contributed by atoms with Crippen LogP contribution in [0.4, 0.5) is 0 Å². The lowest BCUT2D eigenvalue weighted by molar-refractivity contribution is 0.0723. The number of para-hydroxylation sites is 2. The second kappa shape index (κ2) is 9.39. The first kappa shape index (κ1) is 20.1. The van der Waals surface area contributed by atoms with Gasteiger partial charge in [0, 0.05) is 18.6 Å². The van der Waals surface area contributed by atoms with Crippen LogP contribution in [0.1, 0.15) is 30.6 Å². The second-order valence-corrected chi connectivity index (χ2v) is 4.84. The summed E-state index contributed by atoms with van der Waals surface area (Å²) in [5.41, 5.74) is -0.0715. The lowest BCUT2D eigenvalue weighted by atomic mass is 10.0. The van der Waals surface area contributed by atoms with Crippen LogP contribution in [0.15, 0.2) is 36.4 Å². The zero-order chi connectivity index (χ0) is 19.0. The number of hydrogen-bond acceptors (Lipinski definition) is 7. The van der Waals surface area contributed by atoms with Gasteiger partial charge in [-0.2, -0.15) is 0 Å². The van der Waals surface area contributed by atoms with Crippen LogP contribution >= 0.6 is 0 Å². The number of rotatable bonds is 0. The minimum atomic E-state index is -1.17. The largest absolute Gasteiger partial charge is 0.508 e. The van der Waals surface area contributed by atoms with Crippen molar-refractivity contribution in [3.8, 4) is 28.7 Å². The molecule has 0 aliphatic carbocycles. The third-order valence-electron chi connectivity index (χ3n) is 3.15. The van der Waals surface area contributed by atoms with Gasteiger partial charge in [-0.05, 0) is 12.1 Å². The topological polar surface area (TPSA) is 127 Å². The van der Waals surface area contributed by atoms with Crippen LogP contribution in [-0.2, 0) is 0 Å². The molecule has 1 aliphatic rings. The number of aliphatic hydroxyl groups excluding tert-OH is 1. The Morgan fingerprint density at radius 1 is 0.960 bits per heavy atom. The van der Waals surface area contributed by atoms with E-state index in [0.29, 0.717) is 0 Å². The average molecular weight is 350 g/mol. The van der Waals surface area contributed by atoms with E-state index < -0.39 is 11.9 Å². The van der Waals surface area contributed by atoms with Gasteiger partial charge in [-0.1, -0.05) is 26.0 Å². The van der Waals surface area contributed by atoms with Gasteiger partial charge in [0.25, 0.3) is 0 Å². The van der Waals surface area contributed by atoms with E-state index in [1.807, 2.05) is 13.8 Å². The van der Waals surface area contributed by atoms with E-state index in [2.05, 4.69) is 0 Å². The summed E-state index contributed by atoms with van der Waals surface area (Å²) in [6, 6.07) is 8.43. The molecule has 0 bridgehead atoms. The lowest BCUT2D eigenvalue weighted by Gasteiger charge is -2.08. The monoisotopic (exact) mass is 350 g/mol. The molecule has 3 rings (SSSR count). The summed E-state index contributed by atoms with van der Waals surface area (Å²) in [7, 11) is 0. The number of benzene rings is 2. The molecule has 1 aliphatic heterocycles. The standard InChI is InChI=1S/C10H10O5.C6H6O2.C2H6/c11-5-3-7(13)9-8(4-5)15-2-1-6(12)10(9)14;7-5-3-1-2-4-6(5)8;1-2/h3-4,6,11-13H,1-2H2;1-4,7-8H;1-2H3. The van der Waals surface area contributed by atoms with Gasteiger partial charge in [0.05, 0.1) is 6.61 Å². The highest BCUT2D eigenvalue weighted by atomic mass is 16.5. The van der Waals surface area contributed by atoms with Gasteiger partial charge in [0.15, 0.2) is 17.3 Å². The molecule has 1 unspecified atom stereocenters. The molecule has 7 nitrogen and oxygen atoms in total. The highest BCUT2D eigenvalue weighted by Gasteiger charge is 2.28. The number of fused-ring (bicyclic) bond motifs is 1. The minimum absolute atomic E-state index is 0.0715. The maximum atomic E-state index is 11.6. The average Bonchev–Trinajstić information content (AvgIpc) is 2.72. The van der Waals surface area contributed by atoms with Crippen molar-refractivity contribution in [1.29, 1.82) is 0 Å². The number of phenols is 4. The van der Waals surface area contributed by atoms with Gasteiger partial charge in [-0.3, -0.25) is 4.79 Å². The summed E-state index contributed by atoms with van der Waals surface area (Å²) in [5.74, 6) is -1.19. The number of Topliss-reactive ketones (excluding diaryl/α,β-unsaturated/α-hetero) is 1. The molecule has 5 N–H and O–H groups in total. The van der Waals surface area contributed by atoms with Crippen LogP contribution in [0.5, 0.6) is 28.7 Å². The van der Waals surface area contributed by atoms with E-state index in [0.717, 1.165) is 6.07 Å². The number of ketones is 1. The van der Waals surface area contributed by atoms with Crippen LogP contribution in [0, 0.1) is 0 Å². The molecule has 2 aromatic rings. The summed E-state index contributed by atoms with van der Waals surface area (Å²) < 4.78 is 5.15. The Kier molecular flexibility index (Phi) is 7.55. The van der Waals surface area contributed by atoms with Crippen LogP contribution in [0.25, 0.3) is 0 Å². The van der Waals surface area contributed by atoms with Gasteiger partial charge in [-0.25, -0.2) is 0 Å². The molecule has 0 fully saturated rings. The zero-order valence-corrected chi connectivity index (χ0v) is 14.0. The van der Waals surface area contributed by atoms with Gasteiger partial charge >= 0.3 is 0 Å². The summed E-state index contributed by atoms with van der Waals surface area (Å²) in [4.78, 5) is 11.6. The Hall–Kier alpha value is -2.93. The highest BCUT2D eigenvalue weighted by molar-refractivity contribution is 6.04. The Labute approximate surface area is 145 Å². The number of ether oxygens (including phenoxy) is 1. The first-order valence-electron chi connectivity index (χ1n) is 7.78. The third kappa shape index (κ3) is 5.29. The van der Waals surface area contributed by atoms with E-state index >= 15 is 0 Å². The SMILES string of the molecule is CC.O=C1c2c(O)cc(O)cc2OCCC1O.Oc1ccccc1O. The zero-order valence-electron chi connectivity index (χ0n) is 14.0. The molecule has 0 saturated carbocycles. The van der Waals surface area contributed by atoms with Crippen LogP contribution in [-0.4, -0.2) is 44.0 Å². The third-order valence-corrected chi connectivity index (χ3v) is 3.15. The van der Waals surface area contributed by atoms with Crippen molar-refractivity contribution in [1.82, 2.24) is 0 Å². The molecular weight excluding hydrogens is 328 g/mol. The van der Waals surface area contributed by atoms with E-state index in [4.69, 9.17) is 14.9 Å². The van der Waals surface area contributed by atoms with Crippen molar-refractivity contribution in [2.24, 2.45) is 0 Å². The minimum Gasteiger partial charge on any atom is -0.508 e. The molecule has 2 aromatic carbocycles. The number of carbonyl (C=O) groups is 1. The predicted molar refractivity (Wildman–Crippen MR) is 91.3 cm³/mol. The maximum absolute atomic E-state index is 11.6. The van der Waals surface area contributed by atoms with Gasteiger partial charge in [0.2, 0.25) is 0 Å². The molecule has 136 valence electrons. The molecule has 1 atom stereocenters. The van der Waals surface area contributed by atoms with E-state index in [1.165, 1.54) is 18.2 Å². The molecule has 25 heavy (non-hydrogen) atoms. The van der Waals surface area contributed by atoms with Crippen molar-refractivity contribution in [2.75, 3.05) is 6.61 Å². The van der Waals surface area contributed by atoms with Crippen LogP contribution in [0.3, 0.4) is 0 Å². The van der Waals surface area contributed by atoms with Gasteiger partial charge < -0.3 is 30.3 Å². The molecule has 1 heterocycles. The van der Waals surface area contributed by atoms with Crippen LogP contribution in [0.2, 0.25) is 0 Å². The van der Waals surface area contributed by atoms with Crippen molar-refractivity contribution in [3.63, 3.8) is 0 Å². The lowest BCUT2D eigenvalue weighted by Crippen LogP contribution is -2.19. The molecule has 0 saturated heterocycles. The van der Waals surface area contributed by atoms with Crippen molar-refractivity contribution >= 4 is 5.78 Å². The highest BCUT2D eigenvalue weighted by Crippen LogP contribution is 2.35. The Balaban J connectivity index is 0.000000264. The number of aromatic hydroxyl groups is 4. The Morgan fingerprint density at radius 3 is 2.04 bits per heavy atom. The number of aliphatic hydroxyl groups is 1. The van der Waals surface area contributed by atoms with Crippen LogP contribution < -0.4 is 4.74 Å². The van der Waals surface area contributed by atoms with Gasteiger partial charge in [0.1, 0.15) is 28.9 Å². The summed E-state index contributed by atoms with van der Waals surface area (Å²) in [5, 5.41) is 45.4. The fourth-order valence-corrected chi connectivity index (χ4v) is 1.99. The fourth-order valence-electron chi connectivity index (χ4n) is 1.99. The van der Waals surface area contributed by atoms with E-state index in [9.17, 15) is 20.1 Å². The Morgan fingerprint density at radius 2 is 1.52 bits per heavy atom. The van der Waals surface area contributed by atoms with E-state index in [-0.39, 0.29) is 47.3 Å². The molecule has 0 amide bonds. The second-order valence-electron chi connectivity index (χ2n) is 4.84. The predicted octanol–water partition coefficient (Wildman–Crippen LogP) is 2.55. The molecule has 0 spiro atoms. The molecular formula is C18H22O7. The normalized spacial score (nSPS) is 15.3. The summed E-state index contributed by atoms with van der Waals surface area (Å²) in [6.07, 6.45) is -0.991. The maximum Gasteiger partial charge on any atom is 0.198 e. The number of hydrogen-bond donors (Lipinski definition) is 5. The number of phenolic OH excluding ortho intramolecular Hbond substituents is 4. The summed E-state index contributed by atoms with van der Waals surface area (Å²) >= 11 is 0. The van der Waals surface area contributed by atoms with Crippen molar-refractivity contribution in [3.05, 3.63) is 42.0 Å². The van der Waals surface area contributed by atoms with Gasteiger partial charge in [-0.15, -0.1) is 0 Å². The quantitative estimate of drug-likeness (QED) is 0.462.